The zero-order valence-electron chi connectivity index (χ0n) is 17.1. The molecule has 1 aromatic carbocycles. The quantitative estimate of drug-likeness (QED) is 0.382. The largest absolute Gasteiger partial charge is 0.378 e. The second-order valence-electron chi connectivity index (χ2n) is 7.24. The second-order valence-corrected chi connectivity index (χ2v) is 8.41. The summed E-state index contributed by atoms with van der Waals surface area (Å²) < 4.78 is 12.2. The fourth-order valence-electron chi connectivity index (χ4n) is 3.64. The average Bonchev–Trinajstić information content (AvgIpc) is 2.82. The highest BCUT2D eigenvalue weighted by Crippen LogP contribution is 2.24. The summed E-state index contributed by atoms with van der Waals surface area (Å²) in [7, 11) is 0. The number of hydrogen-bond acceptors (Lipinski definition) is 6. The van der Waals surface area contributed by atoms with Gasteiger partial charge in [-0.25, -0.2) is 9.79 Å². The number of amidine groups is 1. The maximum Gasteiger partial charge on any atom is 0.351 e. The van der Waals surface area contributed by atoms with E-state index in [4.69, 9.17) is 37.7 Å². The van der Waals surface area contributed by atoms with E-state index < -0.39 is 16.7 Å². The van der Waals surface area contributed by atoms with Crippen molar-refractivity contribution in [2.24, 2.45) is 4.99 Å². The molecular formula is C21H25Cl2N5O3. The van der Waals surface area contributed by atoms with E-state index >= 15 is 0 Å². The van der Waals surface area contributed by atoms with Crippen molar-refractivity contribution in [2.45, 2.75) is 11.0 Å². The number of rotatable bonds is 5. The van der Waals surface area contributed by atoms with Gasteiger partial charge < -0.3 is 19.3 Å². The van der Waals surface area contributed by atoms with Crippen molar-refractivity contribution in [1.29, 1.82) is 0 Å². The van der Waals surface area contributed by atoms with Crippen LogP contribution in [0.2, 0.25) is 0 Å². The first-order valence-corrected chi connectivity index (χ1v) is 11.2. The molecule has 4 rings (SSSR count). The zero-order chi connectivity index (χ0) is 21.6. The van der Waals surface area contributed by atoms with E-state index in [1.807, 2.05) is 35.2 Å². The third-order valence-corrected chi connectivity index (χ3v) is 5.71. The van der Waals surface area contributed by atoms with Gasteiger partial charge in [0.1, 0.15) is 16.5 Å². The molecule has 10 heteroatoms. The summed E-state index contributed by atoms with van der Waals surface area (Å²) >= 11 is 12.6. The molecule has 0 aliphatic carbocycles. The highest BCUT2D eigenvalue weighted by molar-refractivity contribution is 6.44. The van der Waals surface area contributed by atoms with Gasteiger partial charge in [0.25, 0.3) is 0 Å². The molecule has 0 bridgehead atoms. The van der Waals surface area contributed by atoms with Gasteiger partial charge in [-0.2, -0.15) is 4.98 Å². The molecule has 2 saturated heterocycles. The van der Waals surface area contributed by atoms with E-state index in [2.05, 4.69) is 9.88 Å². The Morgan fingerprint density at radius 2 is 1.61 bits per heavy atom. The SMILES string of the molecule is O=c1nc(N2CCOCC2)ccn1C(/N=C(\c1ccccc1)N1CCOCC1)C(Cl)Cl. The molecule has 0 spiro atoms. The lowest BCUT2D eigenvalue weighted by Gasteiger charge is -2.31. The summed E-state index contributed by atoms with van der Waals surface area (Å²) in [5.74, 6) is 1.34. The molecule has 0 N–H and O–H groups in total. The molecule has 166 valence electrons. The lowest BCUT2D eigenvalue weighted by Crippen LogP contribution is -2.42. The highest BCUT2D eigenvalue weighted by atomic mass is 35.5. The normalized spacial score (nSPS) is 19.0. The number of nitrogens with zero attached hydrogens (tertiary/aromatic N) is 5. The standard InChI is InChI=1S/C21H25Cl2N5O3/c22-18(23)20(28-7-6-17(24-21(28)29)26-8-12-30-13-9-26)25-19(16-4-2-1-3-5-16)27-10-14-31-15-11-27/h1-7,18,20H,8-15H2/b25-19+. The Morgan fingerprint density at radius 1 is 0.968 bits per heavy atom. The highest BCUT2D eigenvalue weighted by Gasteiger charge is 2.25. The van der Waals surface area contributed by atoms with Gasteiger partial charge >= 0.3 is 5.69 Å². The van der Waals surface area contributed by atoms with Crippen molar-refractivity contribution in [3.8, 4) is 0 Å². The Balaban J connectivity index is 1.69. The predicted octanol–water partition coefficient (Wildman–Crippen LogP) is 2.16. The molecule has 8 nitrogen and oxygen atoms in total. The third-order valence-electron chi connectivity index (χ3n) is 5.26. The molecular weight excluding hydrogens is 441 g/mol. The first-order chi connectivity index (χ1) is 15.1. The van der Waals surface area contributed by atoms with Crippen molar-refractivity contribution in [1.82, 2.24) is 14.5 Å². The maximum atomic E-state index is 12.9. The lowest BCUT2D eigenvalue weighted by atomic mass is 10.2. The van der Waals surface area contributed by atoms with Crippen LogP contribution >= 0.6 is 23.2 Å². The third kappa shape index (κ3) is 5.38. The summed E-state index contributed by atoms with van der Waals surface area (Å²) in [6.07, 6.45) is 0.841. The minimum atomic E-state index is -0.937. The maximum absolute atomic E-state index is 12.9. The van der Waals surface area contributed by atoms with Gasteiger partial charge in [-0.05, 0) is 6.07 Å². The number of anilines is 1. The van der Waals surface area contributed by atoms with Crippen LogP contribution in [-0.4, -0.2) is 77.7 Å². The van der Waals surface area contributed by atoms with E-state index in [1.165, 1.54) is 4.57 Å². The molecule has 0 saturated carbocycles. The topological polar surface area (TPSA) is 72.2 Å². The van der Waals surface area contributed by atoms with E-state index in [0.29, 0.717) is 58.4 Å². The fourth-order valence-corrected chi connectivity index (χ4v) is 4.00. The monoisotopic (exact) mass is 465 g/mol. The van der Waals surface area contributed by atoms with Crippen molar-refractivity contribution in [3.63, 3.8) is 0 Å². The first kappa shape index (κ1) is 22.1. The number of aromatic nitrogens is 2. The summed E-state index contributed by atoms with van der Waals surface area (Å²) in [6.45, 7) is 5.22. The Kier molecular flexibility index (Phi) is 7.45. The summed E-state index contributed by atoms with van der Waals surface area (Å²) in [6, 6.07) is 11.6. The van der Waals surface area contributed by atoms with Crippen LogP contribution in [0.3, 0.4) is 0 Å². The number of benzene rings is 1. The molecule has 1 aromatic heterocycles. The number of ether oxygens (including phenoxy) is 2. The molecule has 1 atom stereocenters. The summed E-state index contributed by atoms with van der Waals surface area (Å²) in [5, 5.41) is 0. The van der Waals surface area contributed by atoms with Gasteiger partial charge in [0.15, 0.2) is 6.17 Å². The van der Waals surface area contributed by atoms with Crippen molar-refractivity contribution in [3.05, 3.63) is 58.6 Å². The van der Waals surface area contributed by atoms with Crippen LogP contribution in [0.4, 0.5) is 5.82 Å². The molecule has 0 radical (unpaired) electrons. The molecule has 3 heterocycles. The predicted molar refractivity (Wildman–Crippen MR) is 121 cm³/mol. The van der Waals surface area contributed by atoms with E-state index in [-0.39, 0.29) is 0 Å². The number of hydrogen-bond donors (Lipinski definition) is 0. The van der Waals surface area contributed by atoms with Crippen LogP contribution in [0.25, 0.3) is 0 Å². The van der Waals surface area contributed by atoms with Crippen LogP contribution < -0.4 is 10.6 Å². The lowest BCUT2D eigenvalue weighted by molar-refractivity contribution is 0.0680. The summed E-state index contributed by atoms with van der Waals surface area (Å²) in [5.41, 5.74) is 0.479. The molecule has 2 aliphatic rings. The van der Waals surface area contributed by atoms with Crippen molar-refractivity contribution < 1.29 is 9.47 Å². The Morgan fingerprint density at radius 3 is 2.23 bits per heavy atom. The smallest absolute Gasteiger partial charge is 0.351 e. The molecule has 1 unspecified atom stereocenters. The van der Waals surface area contributed by atoms with E-state index in [0.717, 1.165) is 11.4 Å². The molecule has 0 amide bonds. The average molecular weight is 466 g/mol. The minimum Gasteiger partial charge on any atom is -0.378 e. The van der Waals surface area contributed by atoms with Gasteiger partial charge in [-0.3, -0.25) is 4.57 Å². The Hall–Kier alpha value is -2.13. The van der Waals surface area contributed by atoms with Crippen molar-refractivity contribution in [2.75, 3.05) is 57.5 Å². The van der Waals surface area contributed by atoms with Gasteiger partial charge in [0, 0.05) is 37.9 Å². The first-order valence-electron chi connectivity index (χ1n) is 10.3. The summed E-state index contributed by atoms with van der Waals surface area (Å²) in [4.78, 5) is 25.2. The Bertz CT molecular complexity index is 942. The second kappa shape index (κ2) is 10.5. The van der Waals surface area contributed by atoms with Crippen molar-refractivity contribution >= 4 is 34.9 Å². The van der Waals surface area contributed by atoms with E-state index in [1.54, 1.807) is 12.3 Å². The van der Waals surface area contributed by atoms with Crippen LogP contribution in [-0.2, 0) is 9.47 Å². The van der Waals surface area contributed by atoms with Crippen LogP contribution in [0, 0.1) is 0 Å². The zero-order valence-corrected chi connectivity index (χ0v) is 18.6. The molecule has 2 aliphatic heterocycles. The van der Waals surface area contributed by atoms with E-state index in [9.17, 15) is 4.79 Å². The number of morpholine rings is 2. The van der Waals surface area contributed by atoms with Crippen LogP contribution in [0.1, 0.15) is 11.7 Å². The number of alkyl halides is 2. The minimum absolute atomic E-state index is 0.446. The molecule has 31 heavy (non-hydrogen) atoms. The number of halogens is 2. The fraction of sp³-hybridized carbons (Fsp3) is 0.476. The molecule has 2 aromatic rings. The van der Waals surface area contributed by atoms with Gasteiger partial charge in [0.05, 0.1) is 26.4 Å². The van der Waals surface area contributed by atoms with Gasteiger partial charge in [0.2, 0.25) is 0 Å². The molecule has 2 fully saturated rings. The van der Waals surface area contributed by atoms with Gasteiger partial charge in [-0.15, -0.1) is 23.2 Å². The van der Waals surface area contributed by atoms with Crippen LogP contribution in [0.15, 0.2) is 52.4 Å². The number of aliphatic imine (C=N–C) groups is 1. The van der Waals surface area contributed by atoms with Gasteiger partial charge in [-0.1, -0.05) is 30.3 Å². The Labute approximate surface area is 191 Å². The van der Waals surface area contributed by atoms with Crippen LogP contribution in [0.5, 0.6) is 0 Å².